The van der Waals surface area contributed by atoms with E-state index in [4.69, 9.17) is 4.74 Å². The lowest BCUT2D eigenvalue weighted by Crippen LogP contribution is -2.33. The van der Waals surface area contributed by atoms with Crippen LogP contribution in [0.25, 0.3) is 0 Å². The summed E-state index contributed by atoms with van der Waals surface area (Å²) in [5.74, 6) is 0.795. The average Bonchev–Trinajstić information content (AvgIpc) is 3.05. The molecule has 1 saturated heterocycles. The molecule has 0 radical (unpaired) electrons. The van der Waals surface area contributed by atoms with Crippen LogP contribution in [-0.2, 0) is 9.53 Å². The van der Waals surface area contributed by atoms with Gasteiger partial charge in [0, 0.05) is 19.1 Å². The van der Waals surface area contributed by atoms with Crippen LogP contribution in [0.2, 0.25) is 0 Å². The monoisotopic (exact) mass is 245 g/mol. The molecular weight excluding hydrogens is 226 g/mol. The van der Waals surface area contributed by atoms with E-state index >= 15 is 0 Å². The summed E-state index contributed by atoms with van der Waals surface area (Å²) in [5.41, 5.74) is 1.29. The van der Waals surface area contributed by atoms with E-state index in [1.807, 2.05) is 18.2 Å². The minimum atomic E-state index is 0.175. The lowest BCUT2D eigenvalue weighted by atomic mass is 10.1. The molecule has 1 amide bonds. The Bertz CT molecular complexity index is 412. The Morgan fingerprint density at radius 1 is 1.33 bits per heavy atom. The quantitative estimate of drug-likeness (QED) is 0.882. The SMILES string of the molecule is O=C(NC[C@@H]1CCCO1)[C@@H]1C[C@@H]1c1ccccc1. The van der Waals surface area contributed by atoms with Gasteiger partial charge >= 0.3 is 0 Å². The van der Waals surface area contributed by atoms with E-state index in [1.54, 1.807) is 0 Å². The van der Waals surface area contributed by atoms with E-state index in [-0.39, 0.29) is 17.9 Å². The van der Waals surface area contributed by atoms with Crippen LogP contribution in [0.15, 0.2) is 30.3 Å². The first-order chi connectivity index (χ1) is 8.84. The van der Waals surface area contributed by atoms with Crippen molar-refractivity contribution in [3.05, 3.63) is 35.9 Å². The number of hydrogen-bond acceptors (Lipinski definition) is 2. The van der Waals surface area contributed by atoms with Gasteiger partial charge in [0.2, 0.25) is 5.91 Å². The van der Waals surface area contributed by atoms with Gasteiger partial charge in [0.05, 0.1) is 6.10 Å². The van der Waals surface area contributed by atoms with Crippen LogP contribution in [0.4, 0.5) is 0 Å². The fraction of sp³-hybridized carbons (Fsp3) is 0.533. The first-order valence-corrected chi connectivity index (χ1v) is 6.79. The number of carbonyl (C=O) groups is 1. The first-order valence-electron chi connectivity index (χ1n) is 6.79. The van der Waals surface area contributed by atoms with Gasteiger partial charge in [-0.05, 0) is 30.7 Å². The smallest absolute Gasteiger partial charge is 0.223 e. The fourth-order valence-electron chi connectivity index (χ4n) is 2.70. The zero-order chi connectivity index (χ0) is 12.4. The molecule has 0 unspecified atom stereocenters. The third-order valence-electron chi connectivity index (χ3n) is 3.88. The van der Waals surface area contributed by atoms with Crippen molar-refractivity contribution in [1.82, 2.24) is 5.32 Å². The second-order valence-electron chi connectivity index (χ2n) is 5.24. The molecule has 3 nitrogen and oxygen atoms in total. The van der Waals surface area contributed by atoms with Crippen molar-refractivity contribution in [1.29, 1.82) is 0 Å². The molecule has 2 aliphatic rings. The Morgan fingerprint density at radius 2 is 2.17 bits per heavy atom. The molecule has 1 aromatic carbocycles. The highest BCUT2D eigenvalue weighted by Gasteiger charge is 2.43. The summed E-state index contributed by atoms with van der Waals surface area (Å²) in [4.78, 5) is 12.0. The Morgan fingerprint density at radius 3 is 2.89 bits per heavy atom. The zero-order valence-electron chi connectivity index (χ0n) is 10.5. The summed E-state index contributed by atoms with van der Waals surface area (Å²) in [5, 5.41) is 3.02. The number of amides is 1. The van der Waals surface area contributed by atoms with Crippen molar-refractivity contribution in [2.45, 2.75) is 31.3 Å². The first kappa shape index (κ1) is 11.7. The molecule has 96 valence electrons. The minimum absolute atomic E-state index is 0.175. The molecule has 1 heterocycles. The second-order valence-corrected chi connectivity index (χ2v) is 5.24. The van der Waals surface area contributed by atoms with Crippen molar-refractivity contribution >= 4 is 5.91 Å². The topological polar surface area (TPSA) is 38.3 Å². The molecule has 0 bridgehead atoms. The van der Waals surface area contributed by atoms with Crippen LogP contribution in [0.3, 0.4) is 0 Å². The minimum Gasteiger partial charge on any atom is -0.376 e. The van der Waals surface area contributed by atoms with E-state index in [2.05, 4.69) is 17.4 Å². The predicted molar refractivity (Wildman–Crippen MR) is 69.3 cm³/mol. The highest BCUT2D eigenvalue weighted by Crippen LogP contribution is 2.47. The third kappa shape index (κ3) is 2.56. The van der Waals surface area contributed by atoms with Crippen molar-refractivity contribution in [3.8, 4) is 0 Å². The third-order valence-corrected chi connectivity index (χ3v) is 3.88. The molecule has 0 spiro atoms. The van der Waals surface area contributed by atoms with Crippen molar-refractivity contribution in [3.63, 3.8) is 0 Å². The second kappa shape index (κ2) is 5.11. The number of hydrogen-bond donors (Lipinski definition) is 1. The van der Waals surface area contributed by atoms with Gasteiger partial charge in [0.1, 0.15) is 0 Å². The van der Waals surface area contributed by atoms with Crippen LogP contribution in [-0.4, -0.2) is 25.2 Å². The van der Waals surface area contributed by atoms with Crippen molar-refractivity contribution in [2.75, 3.05) is 13.2 Å². The Kier molecular flexibility index (Phi) is 3.33. The highest BCUT2D eigenvalue weighted by molar-refractivity contribution is 5.82. The standard InChI is InChI=1S/C15H19NO2/c17-15(16-10-12-7-4-8-18-12)14-9-13(14)11-5-2-1-3-6-11/h1-3,5-6,12-14H,4,7-10H2,(H,16,17)/t12-,13+,14+/m0/s1. The molecule has 1 aromatic rings. The largest absolute Gasteiger partial charge is 0.376 e. The van der Waals surface area contributed by atoms with E-state index in [1.165, 1.54) is 5.56 Å². The summed E-state index contributed by atoms with van der Waals surface area (Å²) in [7, 11) is 0. The normalized spacial score (nSPS) is 30.1. The molecule has 0 aromatic heterocycles. The summed E-state index contributed by atoms with van der Waals surface area (Å²) >= 11 is 0. The lowest BCUT2D eigenvalue weighted by Gasteiger charge is -2.10. The van der Waals surface area contributed by atoms with Crippen LogP contribution < -0.4 is 5.32 Å². The fourth-order valence-corrected chi connectivity index (χ4v) is 2.70. The maximum Gasteiger partial charge on any atom is 0.223 e. The molecule has 1 saturated carbocycles. The van der Waals surface area contributed by atoms with Gasteiger partial charge in [-0.3, -0.25) is 4.79 Å². The van der Waals surface area contributed by atoms with Crippen molar-refractivity contribution in [2.24, 2.45) is 5.92 Å². The van der Waals surface area contributed by atoms with Gasteiger partial charge in [-0.2, -0.15) is 0 Å². The number of benzene rings is 1. The number of rotatable bonds is 4. The van der Waals surface area contributed by atoms with Crippen molar-refractivity contribution < 1.29 is 9.53 Å². The Balaban J connectivity index is 1.47. The van der Waals surface area contributed by atoms with E-state index < -0.39 is 0 Å². The molecule has 1 N–H and O–H groups in total. The summed E-state index contributed by atoms with van der Waals surface area (Å²) in [6.45, 7) is 1.52. The molecule has 3 heteroatoms. The molecule has 3 rings (SSSR count). The average molecular weight is 245 g/mol. The molecule has 2 fully saturated rings. The summed E-state index contributed by atoms with van der Waals surface area (Å²) in [6, 6.07) is 10.3. The zero-order valence-corrected chi connectivity index (χ0v) is 10.5. The lowest BCUT2D eigenvalue weighted by molar-refractivity contribution is -0.122. The van der Waals surface area contributed by atoms with Gasteiger partial charge in [-0.15, -0.1) is 0 Å². The molecule has 18 heavy (non-hydrogen) atoms. The summed E-state index contributed by atoms with van der Waals surface area (Å²) in [6.07, 6.45) is 3.42. The molecular formula is C15H19NO2. The van der Waals surface area contributed by atoms with Gasteiger partial charge in [0.25, 0.3) is 0 Å². The van der Waals surface area contributed by atoms with Gasteiger partial charge in [0.15, 0.2) is 0 Å². The predicted octanol–water partition coefficient (Wildman–Crippen LogP) is 2.09. The van der Waals surface area contributed by atoms with E-state index in [9.17, 15) is 4.79 Å². The van der Waals surface area contributed by atoms with Gasteiger partial charge < -0.3 is 10.1 Å². The van der Waals surface area contributed by atoms with E-state index in [0.717, 1.165) is 25.9 Å². The summed E-state index contributed by atoms with van der Waals surface area (Å²) < 4.78 is 5.50. The van der Waals surface area contributed by atoms with E-state index in [0.29, 0.717) is 12.5 Å². The van der Waals surface area contributed by atoms with Crippen LogP contribution >= 0.6 is 0 Å². The number of ether oxygens (including phenoxy) is 1. The number of carbonyl (C=O) groups excluding carboxylic acids is 1. The van der Waals surface area contributed by atoms with Crippen LogP contribution in [0, 0.1) is 5.92 Å². The maximum absolute atomic E-state index is 12.0. The Hall–Kier alpha value is -1.35. The maximum atomic E-state index is 12.0. The van der Waals surface area contributed by atoms with Gasteiger partial charge in [-0.25, -0.2) is 0 Å². The molecule has 3 atom stereocenters. The molecule has 1 aliphatic heterocycles. The van der Waals surface area contributed by atoms with Crippen LogP contribution in [0.1, 0.15) is 30.7 Å². The van der Waals surface area contributed by atoms with Gasteiger partial charge in [-0.1, -0.05) is 30.3 Å². The number of nitrogens with one attached hydrogen (secondary N) is 1. The molecule has 1 aliphatic carbocycles. The van der Waals surface area contributed by atoms with Crippen LogP contribution in [0.5, 0.6) is 0 Å². The highest BCUT2D eigenvalue weighted by atomic mass is 16.5. The Labute approximate surface area is 108 Å².